The number of nitrogens with one attached hydrogen (secondary N) is 2. The molecule has 6 nitrogen and oxygen atoms in total. The molecule has 2 N–H and O–H groups in total. The second kappa shape index (κ2) is 8.34. The smallest absolute Gasteiger partial charge is 0.257 e. The average Bonchev–Trinajstić information content (AvgIpc) is 2.71. The number of carbonyl (C=O) groups is 1. The van der Waals surface area contributed by atoms with Gasteiger partial charge in [-0.05, 0) is 36.4 Å². The fourth-order valence-corrected chi connectivity index (χ4v) is 2.44. The van der Waals surface area contributed by atoms with Gasteiger partial charge in [-0.15, -0.1) is 0 Å². The Hall–Kier alpha value is -3.68. The van der Waals surface area contributed by atoms with Gasteiger partial charge in [0.2, 0.25) is 0 Å². The van der Waals surface area contributed by atoms with Crippen LogP contribution in [-0.4, -0.2) is 25.1 Å². The summed E-state index contributed by atoms with van der Waals surface area (Å²) in [4.78, 5) is 16.5. The Labute approximate surface area is 160 Å². The van der Waals surface area contributed by atoms with Crippen LogP contribution in [-0.2, 0) is 0 Å². The average molecular weight is 385 g/mol. The summed E-state index contributed by atoms with van der Waals surface area (Å²) in [5.74, 6) is -0.830. The van der Waals surface area contributed by atoms with E-state index in [0.29, 0.717) is 34.3 Å². The molecular weight excluding hydrogens is 368 g/mol. The van der Waals surface area contributed by atoms with Crippen LogP contribution in [0.15, 0.2) is 54.7 Å². The molecule has 0 aliphatic heterocycles. The lowest BCUT2D eigenvalue weighted by molar-refractivity contribution is 0.102. The van der Waals surface area contributed by atoms with E-state index in [9.17, 15) is 13.6 Å². The first kappa shape index (κ1) is 19.1. The third-order valence-electron chi connectivity index (χ3n) is 3.86. The highest BCUT2D eigenvalue weighted by Crippen LogP contribution is 2.30. The zero-order valence-electron chi connectivity index (χ0n) is 15.1. The number of nitrogens with zero attached hydrogens (tertiary/aromatic N) is 1. The molecule has 0 aliphatic carbocycles. The number of pyridine rings is 1. The highest BCUT2D eigenvalue weighted by atomic mass is 19.2. The summed E-state index contributed by atoms with van der Waals surface area (Å²) in [5.41, 5.74) is 1.20. The number of aromatic nitrogens is 1. The monoisotopic (exact) mass is 385 g/mol. The number of halogens is 2. The summed E-state index contributed by atoms with van der Waals surface area (Å²) >= 11 is 0. The first-order valence-corrected chi connectivity index (χ1v) is 8.21. The van der Waals surface area contributed by atoms with Gasteiger partial charge in [0.25, 0.3) is 5.91 Å². The quantitative estimate of drug-likeness (QED) is 0.659. The summed E-state index contributed by atoms with van der Waals surface area (Å²) in [6.45, 7) is 0. The maximum atomic E-state index is 13.3. The van der Waals surface area contributed by atoms with E-state index in [4.69, 9.17) is 9.47 Å². The van der Waals surface area contributed by atoms with Crippen LogP contribution in [0.1, 0.15) is 10.4 Å². The number of anilines is 3. The molecule has 2 aromatic carbocycles. The molecule has 144 valence electrons. The van der Waals surface area contributed by atoms with Crippen molar-refractivity contribution in [1.82, 2.24) is 4.98 Å². The Morgan fingerprint density at radius 1 is 0.893 bits per heavy atom. The van der Waals surface area contributed by atoms with Gasteiger partial charge in [-0.2, -0.15) is 0 Å². The Bertz CT molecular complexity index is 994. The maximum absolute atomic E-state index is 13.3. The minimum absolute atomic E-state index is 0.325. The molecule has 0 radical (unpaired) electrons. The molecule has 1 aromatic heterocycles. The SMILES string of the molecule is COc1ccc(NC(=O)c2ccc(Nc3ccc(F)c(F)c3)nc2)cc1OC. The first-order chi connectivity index (χ1) is 13.5. The van der Waals surface area contributed by atoms with Gasteiger partial charge in [0.1, 0.15) is 5.82 Å². The minimum atomic E-state index is -0.962. The zero-order chi connectivity index (χ0) is 20.1. The number of hydrogen-bond acceptors (Lipinski definition) is 5. The third kappa shape index (κ3) is 4.35. The van der Waals surface area contributed by atoms with Crippen molar-refractivity contribution in [2.75, 3.05) is 24.9 Å². The molecular formula is C20H17F2N3O3. The van der Waals surface area contributed by atoms with Gasteiger partial charge in [0.15, 0.2) is 23.1 Å². The number of hydrogen-bond donors (Lipinski definition) is 2. The van der Waals surface area contributed by atoms with Gasteiger partial charge in [-0.25, -0.2) is 13.8 Å². The van der Waals surface area contributed by atoms with Gasteiger partial charge < -0.3 is 20.1 Å². The maximum Gasteiger partial charge on any atom is 0.257 e. The van der Waals surface area contributed by atoms with E-state index in [-0.39, 0.29) is 5.91 Å². The van der Waals surface area contributed by atoms with Crippen LogP contribution in [0.3, 0.4) is 0 Å². The van der Waals surface area contributed by atoms with E-state index in [1.165, 1.54) is 26.5 Å². The number of carbonyl (C=O) groups excluding carboxylic acids is 1. The molecule has 0 unspecified atom stereocenters. The van der Waals surface area contributed by atoms with Crippen LogP contribution in [0.4, 0.5) is 26.0 Å². The molecule has 3 aromatic rings. The molecule has 0 saturated heterocycles. The summed E-state index contributed by atoms with van der Waals surface area (Å²) in [6, 6.07) is 11.6. The highest BCUT2D eigenvalue weighted by molar-refractivity contribution is 6.04. The van der Waals surface area contributed by atoms with Gasteiger partial charge in [-0.1, -0.05) is 0 Å². The number of methoxy groups -OCH3 is 2. The largest absolute Gasteiger partial charge is 0.493 e. The lowest BCUT2D eigenvalue weighted by Gasteiger charge is -2.11. The molecule has 1 heterocycles. The molecule has 0 aliphatic rings. The summed E-state index contributed by atoms with van der Waals surface area (Å²) in [7, 11) is 3.03. The van der Waals surface area contributed by atoms with Gasteiger partial charge in [0.05, 0.1) is 19.8 Å². The van der Waals surface area contributed by atoms with Crippen molar-refractivity contribution in [3.05, 3.63) is 71.9 Å². The predicted molar refractivity (Wildman–Crippen MR) is 101 cm³/mol. The standard InChI is InChI=1S/C20H17F2N3O3/c1-27-17-7-5-14(10-18(17)28-2)25-20(26)12-3-8-19(23-11-12)24-13-4-6-15(21)16(22)9-13/h3-11H,1-2H3,(H,23,24)(H,25,26). The molecule has 3 rings (SSSR count). The number of benzene rings is 2. The van der Waals surface area contributed by atoms with E-state index in [1.807, 2.05) is 0 Å². The van der Waals surface area contributed by atoms with Crippen molar-refractivity contribution in [3.63, 3.8) is 0 Å². The van der Waals surface area contributed by atoms with Crippen molar-refractivity contribution in [1.29, 1.82) is 0 Å². The highest BCUT2D eigenvalue weighted by Gasteiger charge is 2.10. The van der Waals surface area contributed by atoms with Crippen LogP contribution in [0.25, 0.3) is 0 Å². The number of amides is 1. The van der Waals surface area contributed by atoms with Crippen LogP contribution in [0, 0.1) is 11.6 Å². The Morgan fingerprint density at radius 2 is 1.64 bits per heavy atom. The van der Waals surface area contributed by atoms with E-state index >= 15 is 0 Å². The molecule has 8 heteroatoms. The Kier molecular flexibility index (Phi) is 5.69. The van der Waals surface area contributed by atoms with Crippen molar-refractivity contribution in [2.45, 2.75) is 0 Å². The van der Waals surface area contributed by atoms with E-state index < -0.39 is 11.6 Å². The molecule has 28 heavy (non-hydrogen) atoms. The molecule has 0 fully saturated rings. The summed E-state index contributed by atoms with van der Waals surface area (Å²) in [5, 5.41) is 5.58. The minimum Gasteiger partial charge on any atom is -0.493 e. The molecule has 1 amide bonds. The molecule has 0 bridgehead atoms. The Balaban J connectivity index is 1.69. The van der Waals surface area contributed by atoms with Gasteiger partial charge >= 0.3 is 0 Å². The van der Waals surface area contributed by atoms with Gasteiger partial charge in [0, 0.05) is 29.7 Å². The fraction of sp³-hybridized carbons (Fsp3) is 0.100. The van der Waals surface area contributed by atoms with Crippen LogP contribution in [0.5, 0.6) is 11.5 Å². The van der Waals surface area contributed by atoms with Crippen LogP contribution in [0.2, 0.25) is 0 Å². The lowest BCUT2D eigenvalue weighted by Crippen LogP contribution is -2.12. The summed E-state index contributed by atoms with van der Waals surface area (Å²) in [6.07, 6.45) is 1.37. The van der Waals surface area contributed by atoms with Crippen LogP contribution >= 0.6 is 0 Å². The number of ether oxygens (including phenoxy) is 2. The zero-order valence-corrected chi connectivity index (χ0v) is 15.1. The first-order valence-electron chi connectivity index (χ1n) is 8.21. The van der Waals surface area contributed by atoms with Crippen molar-refractivity contribution >= 4 is 23.1 Å². The van der Waals surface area contributed by atoms with E-state index in [0.717, 1.165) is 12.1 Å². The predicted octanol–water partition coefficient (Wildman–Crippen LogP) is 4.37. The van der Waals surface area contributed by atoms with Crippen LogP contribution < -0.4 is 20.1 Å². The van der Waals surface area contributed by atoms with Crippen molar-refractivity contribution < 1.29 is 23.0 Å². The van der Waals surface area contributed by atoms with Crippen molar-refractivity contribution in [2.24, 2.45) is 0 Å². The molecule has 0 saturated carbocycles. The molecule has 0 atom stereocenters. The number of rotatable bonds is 6. The molecule has 0 spiro atoms. The topological polar surface area (TPSA) is 72.5 Å². The summed E-state index contributed by atoms with van der Waals surface area (Å²) < 4.78 is 36.6. The van der Waals surface area contributed by atoms with Crippen molar-refractivity contribution in [3.8, 4) is 11.5 Å². The van der Waals surface area contributed by atoms with E-state index in [2.05, 4.69) is 15.6 Å². The fourth-order valence-electron chi connectivity index (χ4n) is 2.44. The van der Waals surface area contributed by atoms with E-state index in [1.54, 1.807) is 30.3 Å². The second-order valence-electron chi connectivity index (χ2n) is 5.71. The Morgan fingerprint density at radius 3 is 2.29 bits per heavy atom. The normalized spacial score (nSPS) is 10.3. The second-order valence-corrected chi connectivity index (χ2v) is 5.71. The third-order valence-corrected chi connectivity index (χ3v) is 3.86. The lowest BCUT2D eigenvalue weighted by atomic mass is 10.2. The van der Waals surface area contributed by atoms with Gasteiger partial charge in [-0.3, -0.25) is 4.79 Å².